The highest BCUT2D eigenvalue weighted by molar-refractivity contribution is 6.06. The second-order valence-electron chi connectivity index (χ2n) is 5.41. The summed E-state index contributed by atoms with van der Waals surface area (Å²) in [4.78, 5) is 12.4. The van der Waals surface area contributed by atoms with E-state index in [1.54, 1.807) is 36.4 Å². The van der Waals surface area contributed by atoms with Crippen LogP contribution in [0.3, 0.4) is 0 Å². The van der Waals surface area contributed by atoms with Gasteiger partial charge in [0.05, 0.1) is 28.4 Å². The van der Waals surface area contributed by atoms with Gasteiger partial charge in [0.25, 0.3) is 5.91 Å². The molecule has 2 aromatic carbocycles. The third-order valence-corrected chi connectivity index (χ3v) is 3.77. The van der Waals surface area contributed by atoms with E-state index in [-0.39, 0.29) is 5.57 Å². The van der Waals surface area contributed by atoms with Crippen LogP contribution in [-0.2, 0) is 4.79 Å². The van der Waals surface area contributed by atoms with Crippen molar-refractivity contribution in [3.63, 3.8) is 0 Å². The van der Waals surface area contributed by atoms with Crippen LogP contribution in [0.2, 0.25) is 0 Å². The van der Waals surface area contributed by atoms with Gasteiger partial charge in [-0.15, -0.1) is 0 Å². The number of hydrogen-bond donors (Lipinski definition) is 2. The zero-order chi connectivity index (χ0) is 20.5. The average Bonchev–Trinajstić information content (AvgIpc) is 2.73. The number of carbonyl (C=O) groups is 1. The van der Waals surface area contributed by atoms with Crippen molar-refractivity contribution in [1.82, 2.24) is 0 Å². The van der Waals surface area contributed by atoms with Crippen LogP contribution in [0.1, 0.15) is 0 Å². The van der Waals surface area contributed by atoms with Gasteiger partial charge in [-0.05, 0) is 24.3 Å². The predicted molar refractivity (Wildman–Crippen MR) is 105 cm³/mol. The summed E-state index contributed by atoms with van der Waals surface area (Å²) in [6.45, 7) is 0. The van der Waals surface area contributed by atoms with Crippen LogP contribution in [-0.4, -0.2) is 34.3 Å². The number of carbonyl (C=O) groups excluding carboxylic acids is 1. The van der Waals surface area contributed by atoms with Gasteiger partial charge in [0, 0.05) is 29.7 Å². The fraction of sp³-hybridized carbons (Fsp3) is 0.200. The Hall–Kier alpha value is -3.86. The van der Waals surface area contributed by atoms with Gasteiger partial charge in [0.15, 0.2) is 23.0 Å². The molecule has 8 heteroatoms. The Morgan fingerprint density at radius 1 is 0.857 bits per heavy atom. The van der Waals surface area contributed by atoms with Gasteiger partial charge in [-0.2, -0.15) is 5.26 Å². The number of rotatable bonds is 8. The molecule has 0 radical (unpaired) electrons. The van der Waals surface area contributed by atoms with Gasteiger partial charge in [0.2, 0.25) is 0 Å². The number of benzene rings is 2. The summed E-state index contributed by atoms with van der Waals surface area (Å²) >= 11 is 0. The molecule has 0 heterocycles. The highest BCUT2D eigenvalue weighted by Crippen LogP contribution is 2.31. The van der Waals surface area contributed by atoms with E-state index in [1.165, 1.54) is 34.6 Å². The lowest BCUT2D eigenvalue weighted by atomic mass is 10.2. The lowest BCUT2D eigenvalue weighted by Crippen LogP contribution is -2.14. The Labute approximate surface area is 163 Å². The normalized spacial score (nSPS) is 10.5. The number of methoxy groups -OCH3 is 4. The number of nitrogens with zero attached hydrogens (tertiary/aromatic N) is 1. The molecular formula is C20H21N3O5. The number of hydrogen-bond acceptors (Lipinski definition) is 7. The molecule has 0 saturated heterocycles. The van der Waals surface area contributed by atoms with E-state index in [1.807, 2.05) is 6.07 Å². The summed E-state index contributed by atoms with van der Waals surface area (Å²) in [7, 11) is 6.08. The smallest absolute Gasteiger partial charge is 0.267 e. The highest BCUT2D eigenvalue weighted by Gasteiger charge is 2.12. The standard InChI is InChI=1S/C20H21N3O5/c1-25-16-7-5-14(9-18(16)27-3)22-12-13(11-21)20(24)23-15-6-8-17(26-2)19(10-15)28-4/h5-10,12,22H,1-4H3,(H,23,24)/b13-12-. The molecule has 0 spiro atoms. The minimum Gasteiger partial charge on any atom is -0.493 e. The Bertz CT molecular complexity index is 919. The van der Waals surface area contributed by atoms with Gasteiger partial charge in [-0.1, -0.05) is 0 Å². The Morgan fingerprint density at radius 2 is 1.36 bits per heavy atom. The monoisotopic (exact) mass is 383 g/mol. The van der Waals surface area contributed by atoms with Crippen molar-refractivity contribution in [2.24, 2.45) is 0 Å². The van der Waals surface area contributed by atoms with Crippen LogP contribution in [0.4, 0.5) is 11.4 Å². The summed E-state index contributed by atoms with van der Waals surface area (Å²) in [6.07, 6.45) is 1.32. The van der Waals surface area contributed by atoms with Gasteiger partial charge < -0.3 is 29.6 Å². The van der Waals surface area contributed by atoms with Crippen LogP contribution in [0, 0.1) is 11.3 Å². The third-order valence-electron chi connectivity index (χ3n) is 3.77. The summed E-state index contributed by atoms with van der Waals surface area (Å²) in [6, 6.07) is 11.9. The summed E-state index contributed by atoms with van der Waals surface area (Å²) in [5, 5.41) is 14.9. The number of anilines is 2. The maximum absolute atomic E-state index is 12.4. The predicted octanol–water partition coefficient (Wildman–Crippen LogP) is 3.18. The van der Waals surface area contributed by atoms with Gasteiger partial charge in [-0.3, -0.25) is 4.79 Å². The van der Waals surface area contributed by atoms with E-state index in [0.717, 1.165) is 0 Å². The van der Waals surface area contributed by atoms with Crippen molar-refractivity contribution in [3.8, 4) is 29.1 Å². The molecule has 28 heavy (non-hydrogen) atoms. The molecule has 2 N–H and O–H groups in total. The quantitative estimate of drug-likeness (QED) is 0.533. The molecule has 2 aromatic rings. The molecule has 146 valence electrons. The second kappa shape index (κ2) is 9.73. The minimum atomic E-state index is -0.567. The van der Waals surface area contributed by atoms with Crippen LogP contribution in [0.25, 0.3) is 0 Å². The van der Waals surface area contributed by atoms with E-state index in [9.17, 15) is 10.1 Å². The molecular weight excluding hydrogens is 362 g/mol. The second-order valence-corrected chi connectivity index (χ2v) is 5.41. The summed E-state index contributed by atoms with van der Waals surface area (Å²) < 4.78 is 20.8. The van der Waals surface area contributed by atoms with Crippen molar-refractivity contribution < 1.29 is 23.7 Å². The van der Waals surface area contributed by atoms with Gasteiger partial charge >= 0.3 is 0 Å². The van der Waals surface area contributed by atoms with Crippen molar-refractivity contribution in [3.05, 3.63) is 48.2 Å². The molecule has 0 aromatic heterocycles. The molecule has 0 aliphatic carbocycles. The van der Waals surface area contributed by atoms with Crippen LogP contribution in [0.15, 0.2) is 48.2 Å². The highest BCUT2D eigenvalue weighted by atomic mass is 16.5. The first-order valence-electron chi connectivity index (χ1n) is 8.18. The number of ether oxygens (including phenoxy) is 4. The molecule has 8 nitrogen and oxygen atoms in total. The molecule has 0 atom stereocenters. The average molecular weight is 383 g/mol. The largest absolute Gasteiger partial charge is 0.493 e. The van der Waals surface area contributed by atoms with E-state index in [0.29, 0.717) is 34.4 Å². The Morgan fingerprint density at radius 3 is 1.86 bits per heavy atom. The molecule has 2 rings (SSSR count). The lowest BCUT2D eigenvalue weighted by molar-refractivity contribution is -0.112. The SMILES string of the molecule is COc1ccc(N/C=C(/C#N)C(=O)Nc2ccc(OC)c(OC)c2)cc1OC. The van der Waals surface area contributed by atoms with E-state index in [4.69, 9.17) is 18.9 Å². The maximum atomic E-state index is 12.4. The first kappa shape index (κ1) is 20.5. The zero-order valence-corrected chi connectivity index (χ0v) is 16.0. The van der Waals surface area contributed by atoms with Crippen molar-refractivity contribution >= 4 is 17.3 Å². The molecule has 0 aliphatic heterocycles. The van der Waals surface area contributed by atoms with Crippen molar-refractivity contribution in [1.29, 1.82) is 5.26 Å². The number of nitriles is 1. The fourth-order valence-corrected chi connectivity index (χ4v) is 2.34. The van der Waals surface area contributed by atoms with E-state index in [2.05, 4.69) is 10.6 Å². The first-order valence-corrected chi connectivity index (χ1v) is 8.18. The fourth-order valence-electron chi connectivity index (χ4n) is 2.34. The number of nitrogens with one attached hydrogen (secondary N) is 2. The van der Waals surface area contributed by atoms with Gasteiger partial charge in [0.1, 0.15) is 11.6 Å². The Balaban J connectivity index is 2.14. The van der Waals surface area contributed by atoms with Crippen LogP contribution < -0.4 is 29.6 Å². The topological polar surface area (TPSA) is 102 Å². The van der Waals surface area contributed by atoms with Crippen molar-refractivity contribution in [2.75, 3.05) is 39.1 Å². The van der Waals surface area contributed by atoms with Crippen LogP contribution >= 0.6 is 0 Å². The number of amides is 1. The minimum absolute atomic E-state index is 0.107. The third kappa shape index (κ3) is 4.86. The van der Waals surface area contributed by atoms with E-state index >= 15 is 0 Å². The molecule has 0 fully saturated rings. The molecule has 0 saturated carbocycles. The zero-order valence-electron chi connectivity index (χ0n) is 16.0. The molecule has 0 unspecified atom stereocenters. The van der Waals surface area contributed by atoms with E-state index < -0.39 is 5.91 Å². The van der Waals surface area contributed by atoms with Crippen molar-refractivity contribution in [2.45, 2.75) is 0 Å². The molecule has 1 amide bonds. The summed E-state index contributed by atoms with van der Waals surface area (Å²) in [5.41, 5.74) is 0.990. The first-order chi connectivity index (χ1) is 13.6. The van der Waals surface area contributed by atoms with Crippen LogP contribution in [0.5, 0.6) is 23.0 Å². The van der Waals surface area contributed by atoms with Gasteiger partial charge in [-0.25, -0.2) is 0 Å². The maximum Gasteiger partial charge on any atom is 0.267 e. The Kier molecular flexibility index (Phi) is 7.11. The summed E-state index contributed by atoms with van der Waals surface area (Å²) in [5.74, 6) is 1.53. The molecule has 0 bridgehead atoms. The molecule has 0 aliphatic rings. The lowest BCUT2D eigenvalue weighted by Gasteiger charge is -2.11.